The molecule has 2 aromatic rings. The van der Waals surface area contributed by atoms with Gasteiger partial charge in [-0.15, -0.1) is 0 Å². The molecule has 1 N–H and O–H groups in total. The van der Waals surface area contributed by atoms with E-state index in [1.54, 1.807) is 0 Å². The highest BCUT2D eigenvalue weighted by atomic mass is 16.5. The highest BCUT2D eigenvalue weighted by Gasteiger charge is 2.09. The first kappa shape index (κ1) is 17.9. The lowest BCUT2D eigenvalue weighted by atomic mass is 10.1. The largest absolute Gasteiger partial charge is 0.489 e. The molecule has 0 atom stereocenters. The van der Waals surface area contributed by atoms with E-state index in [1.165, 1.54) is 16.7 Å². The number of benzene rings is 2. The second-order valence-electron chi connectivity index (χ2n) is 6.56. The Morgan fingerprint density at radius 2 is 1.84 bits per heavy atom. The summed E-state index contributed by atoms with van der Waals surface area (Å²) in [6, 6.07) is 16.8. The van der Waals surface area contributed by atoms with Crippen LogP contribution in [-0.2, 0) is 17.9 Å². The number of morpholine rings is 1. The average molecular weight is 340 g/mol. The molecule has 1 aliphatic rings. The molecule has 4 heteroatoms. The van der Waals surface area contributed by atoms with E-state index < -0.39 is 0 Å². The third-order valence-corrected chi connectivity index (χ3v) is 4.42. The summed E-state index contributed by atoms with van der Waals surface area (Å²) < 4.78 is 11.3. The molecule has 0 radical (unpaired) electrons. The van der Waals surface area contributed by atoms with Crippen molar-refractivity contribution in [3.05, 3.63) is 65.2 Å². The van der Waals surface area contributed by atoms with E-state index in [4.69, 9.17) is 9.47 Å². The summed E-state index contributed by atoms with van der Waals surface area (Å²) in [4.78, 5) is 2.44. The van der Waals surface area contributed by atoms with Crippen LogP contribution < -0.4 is 10.1 Å². The Labute approximate surface area is 150 Å². The predicted molar refractivity (Wildman–Crippen MR) is 101 cm³/mol. The minimum atomic E-state index is 0.607. The molecule has 1 saturated heterocycles. The summed E-state index contributed by atoms with van der Waals surface area (Å²) in [7, 11) is 0. The smallest absolute Gasteiger partial charge is 0.120 e. The molecule has 0 bridgehead atoms. The molecule has 1 aliphatic heterocycles. The van der Waals surface area contributed by atoms with Crippen molar-refractivity contribution in [1.82, 2.24) is 10.2 Å². The zero-order valence-electron chi connectivity index (χ0n) is 15.0. The Hall–Kier alpha value is -1.88. The van der Waals surface area contributed by atoms with Crippen LogP contribution in [0.3, 0.4) is 0 Å². The summed E-state index contributed by atoms with van der Waals surface area (Å²) in [6.45, 7) is 9.46. The Bertz CT molecular complexity index is 654. The van der Waals surface area contributed by atoms with Crippen LogP contribution >= 0.6 is 0 Å². The van der Waals surface area contributed by atoms with E-state index in [1.807, 2.05) is 6.07 Å². The van der Waals surface area contributed by atoms with Crippen LogP contribution in [0.25, 0.3) is 0 Å². The summed E-state index contributed by atoms with van der Waals surface area (Å²) in [6.07, 6.45) is 0. The number of aryl methyl sites for hydroxylation is 1. The van der Waals surface area contributed by atoms with Gasteiger partial charge in [0, 0.05) is 32.7 Å². The molecule has 4 nitrogen and oxygen atoms in total. The van der Waals surface area contributed by atoms with E-state index in [0.717, 1.165) is 51.7 Å². The minimum absolute atomic E-state index is 0.607. The van der Waals surface area contributed by atoms with Gasteiger partial charge in [-0.2, -0.15) is 0 Å². The molecule has 0 saturated carbocycles. The van der Waals surface area contributed by atoms with Gasteiger partial charge in [-0.1, -0.05) is 42.0 Å². The van der Waals surface area contributed by atoms with E-state index >= 15 is 0 Å². The van der Waals surface area contributed by atoms with Crippen molar-refractivity contribution in [3.63, 3.8) is 0 Å². The molecule has 0 unspecified atom stereocenters. The predicted octanol–water partition coefficient (Wildman–Crippen LogP) is 3.00. The van der Waals surface area contributed by atoms with Crippen molar-refractivity contribution in [2.45, 2.75) is 20.1 Å². The SMILES string of the molecule is Cc1cccc(COc2cccc(CNCCN3CCOCC3)c2)c1. The number of nitrogens with one attached hydrogen (secondary N) is 1. The van der Waals surface area contributed by atoms with Crippen LogP contribution in [-0.4, -0.2) is 44.3 Å². The second kappa shape index (κ2) is 9.56. The highest BCUT2D eigenvalue weighted by Crippen LogP contribution is 2.15. The summed E-state index contributed by atoms with van der Waals surface area (Å²) in [5.74, 6) is 0.925. The van der Waals surface area contributed by atoms with Gasteiger partial charge in [0.25, 0.3) is 0 Å². The third-order valence-electron chi connectivity index (χ3n) is 4.42. The molecule has 1 fully saturated rings. The van der Waals surface area contributed by atoms with Gasteiger partial charge in [-0.3, -0.25) is 4.90 Å². The van der Waals surface area contributed by atoms with E-state index in [-0.39, 0.29) is 0 Å². The van der Waals surface area contributed by atoms with Crippen molar-refractivity contribution in [2.24, 2.45) is 0 Å². The molecule has 25 heavy (non-hydrogen) atoms. The molecule has 0 spiro atoms. The normalized spacial score (nSPS) is 15.2. The summed E-state index contributed by atoms with van der Waals surface area (Å²) in [5.41, 5.74) is 3.72. The highest BCUT2D eigenvalue weighted by molar-refractivity contribution is 5.29. The van der Waals surface area contributed by atoms with Gasteiger partial charge in [0.15, 0.2) is 0 Å². The average Bonchev–Trinajstić information content (AvgIpc) is 2.65. The van der Waals surface area contributed by atoms with Gasteiger partial charge in [0.2, 0.25) is 0 Å². The number of nitrogens with zero attached hydrogens (tertiary/aromatic N) is 1. The molecule has 0 aliphatic carbocycles. The maximum absolute atomic E-state index is 5.94. The third kappa shape index (κ3) is 6.16. The van der Waals surface area contributed by atoms with Crippen LogP contribution in [0.15, 0.2) is 48.5 Å². The molecule has 0 amide bonds. The van der Waals surface area contributed by atoms with Crippen LogP contribution in [0.1, 0.15) is 16.7 Å². The fraction of sp³-hybridized carbons (Fsp3) is 0.429. The van der Waals surface area contributed by atoms with E-state index in [2.05, 4.69) is 59.6 Å². The zero-order valence-corrected chi connectivity index (χ0v) is 15.0. The van der Waals surface area contributed by atoms with Gasteiger partial charge in [-0.25, -0.2) is 0 Å². The number of hydrogen-bond acceptors (Lipinski definition) is 4. The maximum atomic E-state index is 5.94. The first-order valence-electron chi connectivity index (χ1n) is 9.08. The van der Waals surface area contributed by atoms with Crippen molar-refractivity contribution in [3.8, 4) is 5.75 Å². The first-order chi connectivity index (χ1) is 12.3. The van der Waals surface area contributed by atoms with Crippen molar-refractivity contribution in [2.75, 3.05) is 39.4 Å². The van der Waals surface area contributed by atoms with Crippen LogP contribution in [0.5, 0.6) is 5.75 Å². The summed E-state index contributed by atoms with van der Waals surface area (Å²) >= 11 is 0. The first-order valence-corrected chi connectivity index (χ1v) is 9.08. The number of rotatable bonds is 8. The Balaban J connectivity index is 1.41. The van der Waals surface area contributed by atoms with Gasteiger partial charge in [0.1, 0.15) is 12.4 Å². The molecule has 2 aromatic carbocycles. The minimum Gasteiger partial charge on any atom is -0.489 e. The van der Waals surface area contributed by atoms with E-state index in [0.29, 0.717) is 6.61 Å². The monoisotopic (exact) mass is 340 g/mol. The molecule has 0 aromatic heterocycles. The van der Waals surface area contributed by atoms with Crippen LogP contribution in [0.2, 0.25) is 0 Å². The zero-order chi connectivity index (χ0) is 17.3. The second-order valence-corrected chi connectivity index (χ2v) is 6.56. The lowest BCUT2D eigenvalue weighted by Gasteiger charge is -2.26. The molecule has 3 rings (SSSR count). The molecule has 1 heterocycles. The van der Waals surface area contributed by atoms with Crippen molar-refractivity contribution in [1.29, 1.82) is 0 Å². The Morgan fingerprint density at radius 3 is 2.68 bits per heavy atom. The molecular weight excluding hydrogens is 312 g/mol. The topological polar surface area (TPSA) is 33.7 Å². The van der Waals surface area contributed by atoms with Crippen molar-refractivity contribution >= 4 is 0 Å². The summed E-state index contributed by atoms with van der Waals surface area (Å²) in [5, 5.41) is 3.52. The molecule has 134 valence electrons. The van der Waals surface area contributed by atoms with Gasteiger partial charge in [-0.05, 0) is 30.2 Å². The van der Waals surface area contributed by atoms with Crippen molar-refractivity contribution < 1.29 is 9.47 Å². The standard InChI is InChI=1S/C21H28N2O2/c1-18-4-2-6-20(14-18)17-25-21-7-3-5-19(15-21)16-22-8-9-23-10-12-24-13-11-23/h2-7,14-15,22H,8-13,16-17H2,1H3. The number of hydrogen-bond donors (Lipinski definition) is 1. The van der Waals surface area contributed by atoms with Gasteiger partial charge >= 0.3 is 0 Å². The van der Waals surface area contributed by atoms with Gasteiger partial charge < -0.3 is 14.8 Å². The lowest BCUT2D eigenvalue weighted by Crippen LogP contribution is -2.40. The maximum Gasteiger partial charge on any atom is 0.120 e. The Kier molecular flexibility index (Phi) is 6.86. The van der Waals surface area contributed by atoms with Crippen LogP contribution in [0.4, 0.5) is 0 Å². The van der Waals surface area contributed by atoms with E-state index in [9.17, 15) is 0 Å². The molecular formula is C21H28N2O2. The fourth-order valence-corrected chi connectivity index (χ4v) is 3.01. The Morgan fingerprint density at radius 1 is 1.04 bits per heavy atom. The fourth-order valence-electron chi connectivity index (χ4n) is 3.01. The lowest BCUT2D eigenvalue weighted by molar-refractivity contribution is 0.0384. The number of ether oxygens (including phenoxy) is 2. The van der Waals surface area contributed by atoms with Gasteiger partial charge in [0.05, 0.1) is 13.2 Å². The van der Waals surface area contributed by atoms with Crippen LogP contribution in [0, 0.1) is 6.92 Å². The quantitative estimate of drug-likeness (QED) is 0.749.